The summed E-state index contributed by atoms with van der Waals surface area (Å²) in [5.74, 6) is 2.75. The Morgan fingerprint density at radius 3 is 2.08 bits per heavy atom. The van der Waals surface area contributed by atoms with Gasteiger partial charge in [0.2, 0.25) is 0 Å². The molecule has 3 aliphatic carbocycles. The fourth-order valence-electron chi connectivity index (χ4n) is 2.96. The first-order chi connectivity index (χ1) is 4.62. The second kappa shape index (κ2) is 4.06. The summed E-state index contributed by atoms with van der Waals surface area (Å²) in [6.07, 6.45) is 4.30. The maximum Gasteiger partial charge on any atom is 2.00 e. The Balaban J connectivity index is 0.000000605. The number of hydrogen-bond acceptors (Lipinski definition) is 0. The average Bonchev–Trinajstić information content (AvgIpc) is 1.87. The molecule has 3 aliphatic rings. The number of fused-ring (bicyclic) bond motifs is 2. The molecule has 0 radical (unpaired) electrons. The molecule has 3 saturated carbocycles. The van der Waals surface area contributed by atoms with Crippen LogP contribution in [0.1, 0.15) is 33.1 Å². The Morgan fingerprint density at radius 1 is 1.25 bits per heavy atom. The van der Waals surface area contributed by atoms with Crippen molar-refractivity contribution in [2.45, 2.75) is 33.1 Å². The van der Waals surface area contributed by atoms with Gasteiger partial charge in [0.05, 0.1) is 0 Å². The van der Waals surface area contributed by atoms with Crippen molar-refractivity contribution in [2.75, 3.05) is 0 Å². The molecule has 2 bridgehead atoms. The Bertz CT molecular complexity index is 154. The van der Waals surface area contributed by atoms with E-state index in [1.807, 2.05) is 0 Å². The first-order valence-corrected chi connectivity index (χ1v) is 4.45. The van der Waals surface area contributed by atoms with E-state index in [4.69, 9.17) is 0 Å². The Labute approximate surface area is 98.4 Å². The van der Waals surface area contributed by atoms with E-state index in [1.165, 1.54) is 19.3 Å². The van der Waals surface area contributed by atoms with Crippen molar-refractivity contribution >= 4 is 23.1 Å². The molecule has 0 aromatic carbocycles. The van der Waals surface area contributed by atoms with E-state index in [9.17, 15) is 0 Å². The standard InChI is InChI=1S/C10H17.ClH.Mg/c1-7-4-5-8-6-9(7)10(8,2)3;;/h7-9H,1,4-6H2,2-3H3;1H;/q-1;;+2/p-1. The van der Waals surface area contributed by atoms with Gasteiger partial charge < -0.3 is 19.3 Å². The van der Waals surface area contributed by atoms with Gasteiger partial charge >= 0.3 is 23.1 Å². The Morgan fingerprint density at radius 2 is 1.83 bits per heavy atom. The minimum atomic E-state index is 0. The van der Waals surface area contributed by atoms with Crippen molar-refractivity contribution < 1.29 is 12.4 Å². The number of halogens is 1. The molecule has 12 heavy (non-hydrogen) atoms. The third kappa shape index (κ3) is 1.65. The molecule has 2 heteroatoms. The van der Waals surface area contributed by atoms with Crippen LogP contribution >= 0.6 is 0 Å². The van der Waals surface area contributed by atoms with Gasteiger partial charge in [-0.1, -0.05) is 32.6 Å². The van der Waals surface area contributed by atoms with Crippen molar-refractivity contribution in [2.24, 2.45) is 23.2 Å². The smallest absolute Gasteiger partial charge is 1.00 e. The third-order valence-electron chi connectivity index (χ3n) is 4.00. The van der Waals surface area contributed by atoms with Gasteiger partial charge in [0, 0.05) is 0 Å². The SMILES string of the molecule is [CH2-]C1CCC2CC1C2(C)C.[Cl-].[Mg+2]. The molecule has 3 unspecified atom stereocenters. The van der Waals surface area contributed by atoms with E-state index in [0.29, 0.717) is 5.41 Å². The zero-order valence-electron chi connectivity index (χ0n) is 8.15. The molecular formula is C10H17ClMg. The van der Waals surface area contributed by atoms with Crippen molar-refractivity contribution in [1.29, 1.82) is 0 Å². The van der Waals surface area contributed by atoms with Crippen LogP contribution in [0.4, 0.5) is 0 Å². The fraction of sp³-hybridized carbons (Fsp3) is 0.900. The first kappa shape index (κ1) is 13.1. The van der Waals surface area contributed by atoms with E-state index in [1.54, 1.807) is 0 Å². The molecule has 0 aliphatic heterocycles. The van der Waals surface area contributed by atoms with Crippen LogP contribution in [0.15, 0.2) is 0 Å². The van der Waals surface area contributed by atoms with Gasteiger partial charge in [-0.05, 0) is 17.8 Å². The van der Waals surface area contributed by atoms with E-state index in [0.717, 1.165) is 17.8 Å². The summed E-state index contributed by atoms with van der Waals surface area (Å²) in [6.45, 7) is 9.05. The predicted molar refractivity (Wildman–Crippen MR) is 49.2 cm³/mol. The zero-order chi connectivity index (χ0) is 7.35. The normalized spacial score (nSPS) is 41.8. The van der Waals surface area contributed by atoms with Gasteiger partial charge in [0.25, 0.3) is 0 Å². The van der Waals surface area contributed by atoms with Crippen LogP contribution < -0.4 is 12.4 Å². The van der Waals surface area contributed by atoms with Crippen LogP contribution in [0.2, 0.25) is 0 Å². The minimum absolute atomic E-state index is 0. The summed E-state index contributed by atoms with van der Waals surface area (Å²) < 4.78 is 0. The second-order valence-corrected chi connectivity index (χ2v) is 4.70. The summed E-state index contributed by atoms with van der Waals surface area (Å²) >= 11 is 0. The molecule has 0 spiro atoms. The monoisotopic (exact) mass is 196 g/mol. The van der Waals surface area contributed by atoms with Crippen molar-refractivity contribution in [3.8, 4) is 0 Å². The summed E-state index contributed by atoms with van der Waals surface area (Å²) in [7, 11) is 0. The Kier molecular flexibility index (Phi) is 4.42. The molecule has 3 atom stereocenters. The molecule has 0 saturated heterocycles. The van der Waals surface area contributed by atoms with Crippen LogP contribution in [-0.2, 0) is 0 Å². The topological polar surface area (TPSA) is 0 Å². The van der Waals surface area contributed by atoms with Gasteiger partial charge in [-0.3, -0.25) is 0 Å². The number of rotatable bonds is 0. The number of hydrogen-bond donors (Lipinski definition) is 0. The van der Waals surface area contributed by atoms with Crippen molar-refractivity contribution in [3.63, 3.8) is 0 Å². The van der Waals surface area contributed by atoms with Gasteiger partial charge in [-0.25, -0.2) is 0 Å². The van der Waals surface area contributed by atoms with E-state index >= 15 is 0 Å². The molecule has 3 fully saturated rings. The molecule has 0 nitrogen and oxygen atoms in total. The summed E-state index contributed by atoms with van der Waals surface area (Å²) in [5.41, 5.74) is 0.644. The van der Waals surface area contributed by atoms with Crippen LogP contribution in [0.25, 0.3) is 0 Å². The van der Waals surface area contributed by atoms with Crippen LogP contribution in [0.3, 0.4) is 0 Å². The molecule has 3 rings (SSSR count). The fourth-order valence-corrected chi connectivity index (χ4v) is 2.96. The van der Waals surface area contributed by atoms with E-state index in [-0.39, 0.29) is 35.5 Å². The van der Waals surface area contributed by atoms with Gasteiger partial charge in [-0.2, -0.15) is 5.92 Å². The molecule has 0 amide bonds. The van der Waals surface area contributed by atoms with Crippen LogP contribution in [0.5, 0.6) is 0 Å². The maximum atomic E-state index is 4.21. The predicted octanol–water partition coefficient (Wildman–Crippen LogP) is -0.484. The zero-order valence-corrected chi connectivity index (χ0v) is 10.3. The maximum absolute atomic E-state index is 4.21. The van der Waals surface area contributed by atoms with E-state index in [2.05, 4.69) is 20.8 Å². The average molecular weight is 197 g/mol. The summed E-state index contributed by atoms with van der Waals surface area (Å²) in [6, 6.07) is 0. The summed E-state index contributed by atoms with van der Waals surface area (Å²) in [5, 5.41) is 0. The Hall–Kier alpha value is 1.06. The quantitative estimate of drug-likeness (QED) is 0.363. The van der Waals surface area contributed by atoms with Crippen molar-refractivity contribution in [1.82, 2.24) is 0 Å². The molecule has 66 valence electrons. The third-order valence-corrected chi connectivity index (χ3v) is 4.00. The van der Waals surface area contributed by atoms with Crippen LogP contribution in [0, 0.1) is 30.1 Å². The van der Waals surface area contributed by atoms with Crippen LogP contribution in [-0.4, -0.2) is 23.1 Å². The molecule has 0 N–H and O–H groups in total. The largest absolute Gasteiger partial charge is 2.00 e. The van der Waals surface area contributed by atoms with Gasteiger partial charge in [-0.15, -0.1) is 0 Å². The first-order valence-electron chi connectivity index (χ1n) is 4.45. The molecule has 0 aromatic rings. The molecular weight excluding hydrogens is 180 g/mol. The second-order valence-electron chi connectivity index (χ2n) is 4.70. The summed E-state index contributed by atoms with van der Waals surface area (Å²) in [4.78, 5) is 0. The van der Waals surface area contributed by atoms with Crippen molar-refractivity contribution in [3.05, 3.63) is 6.92 Å². The van der Waals surface area contributed by atoms with E-state index < -0.39 is 0 Å². The minimum Gasteiger partial charge on any atom is -1.00 e. The van der Waals surface area contributed by atoms with Gasteiger partial charge in [0.15, 0.2) is 0 Å². The molecule has 0 heterocycles. The van der Waals surface area contributed by atoms with Gasteiger partial charge in [0.1, 0.15) is 0 Å². The molecule has 0 aromatic heterocycles.